The SMILES string of the molecule is COc1ccc2nc(N(/N=C/c3cc(OC)c(OC)c(OC)c3)C(=O)c3cc(Cl)sc3Cl)sc2c1. The van der Waals surface area contributed by atoms with Crippen molar-refractivity contribution in [1.29, 1.82) is 0 Å². The molecular formula is C23H19Cl2N3O5S2. The molecule has 0 radical (unpaired) electrons. The minimum Gasteiger partial charge on any atom is -0.497 e. The third-order valence-corrected chi connectivity index (χ3v) is 7.34. The molecule has 0 N–H and O–H groups in total. The first-order valence-electron chi connectivity index (χ1n) is 9.96. The number of anilines is 1. The number of hydrogen-bond acceptors (Lipinski definition) is 9. The van der Waals surface area contributed by atoms with Gasteiger partial charge in [-0.05, 0) is 36.4 Å². The van der Waals surface area contributed by atoms with Crippen molar-refractivity contribution in [2.75, 3.05) is 33.4 Å². The molecule has 0 aliphatic rings. The second-order valence-electron chi connectivity index (χ2n) is 6.89. The summed E-state index contributed by atoms with van der Waals surface area (Å²) in [4.78, 5) is 18.1. The van der Waals surface area contributed by atoms with Gasteiger partial charge in [-0.25, -0.2) is 4.98 Å². The van der Waals surface area contributed by atoms with Gasteiger partial charge in [-0.2, -0.15) is 10.1 Å². The van der Waals surface area contributed by atoms with Crippen molar-refractivity contribution in [2.24, 2.45) is 5.10 Å². The normalized spacial score (nSPS) is 11.1. The number of ether oxygens (including phenoxy) is 4. The van der Waals surface area contributed by atoms with E-state index in [0.29, 0.717) is 43.5 Å². The fraction of sp³-hybridized carbons (Fsp3) is 0.174. The second-order valence-corrected chi connectivity index (χ2v) is 10.2. The summed E-state index contributed by atoms with van der Waals surface area (Å²) in [7, 11) is 6.15. The van der Waals surface area contributed by atoms with Crippen LogP contribution >= 0.6 is 45.9 Å². The summed E-state index contributed by atoms with van der Waals surface area (Å²) in [5, 5.41) is 5.99. The number of carbonyl (C=O) groups is 1. The van der Waals surface area contributed by atoms with Gasteiger partial charge in [-0.1, -0.05) is 34.5 Å². The Hall–Kier alpha value is -3.05. The van der Waals surface area contributed by atoms with E-state index >= 15 is 0 Å². The first-order valence-corrected chi connectivity index (χ1v) is 12.3. The molecule has 1 amide bonds. The van der Waals surface area contributed by atoms with E-state index in [0.717, 1.165) is 16.0 Å². The van der Waals surface area contributed by atoms with Crippen LogP contribution in [-0.4, -0.2) is 45.5 Å². The van der Waals surface area contributed by atoms with Crippen molar-refractivity contribution in [3.8, 4) is 23.0 Å². The lowest BCUT2D eigenvalue weighted by Crippen LogP contribution is -2.25. The fourth-order valence-corrected chi connectivity index (χ4v) is 5.60. The van der Waals surface area contributed by atoms with E-state index in [1.54, 1.807) is 25.3 Å². The number of amides is 1. The lowest BCUT2D eigenvalue weighted by molar-refractivity contribution is 0.0988. The summed E-state index contributed by atoms with van der Waals surface area (Å²) in [5.74, 6) is 1.55. The molecule has 12 heteroatoms. The Balaban J connectivity index is 1.80. The van der Waals surface area contributed by atoms with E-state index < -0.39 is 5.91 Å². The molecule has 0 bridgehead atoms. The van der Waals surface area contributed by atoms with E-state index in [-0.39, 0.29) is 9.90 Å². The van der Waals surface area contributed by atoms with Gasteiger partial charge in [0.05, 0.1) is 54.8 Å². The van der Waals surface area contributed by atoms with Crippen LogP contribution in [0.3, 0.4) is 0 Å². The van der Waals surface area contributed by atoms with Gasteiger partial charge in [-0.3, -0.25) is 4.79 Å². The highest BCUT2D eigenvalue weighted by molar-refractivity contribution is 7.22. The molecule has 0 fully saturated rings. The smallest absolute Gasteiger partial charge is 0.283 e. The van der Waals surface area contributed by atoms with Crippen LogP contribution < -0.4 is 24.0 Å². The van der Waals surface area contributed by atoms with Crippen molar-refractivity contribution in [3.63, 3.8) is 0 Å². The molecular weight excluding hydrogens is 533 g/mol. The molecule has 0 spiro atoms. The zero-order chi connectivity index (χ0) is 25.1. The van der Waals surface area contributed by atoms with E-state index in [2.05, 4.69) is 10.1 Å². The van der Waals surface area contributed by atoms with E-state index in [1.807, 2.05) is 12.1 Å². The number of benzene rings is 2. The quantitative estimate of drug-likeness (QED) is 0.186. The van der Waals surface area contributed by atoms with Gasteiger partial charge in [0, 0.05) is 5.56 Å². The Bertz CT molecular complexity index is 1390. The predicted molar refractivity (Wildman–Crippen MR) is 141 cm³/mol. The first-order chi connectivity index (χ1) is 16.9. The van der Waals surface area contributed by atoms with E-state index in [1.165, 1.54) is 50.0 Å². The molecule has 4 rings (SSSR count). The topological polar surface area (TPSA) is 82.5 Å². The summed E-state index contributed by atoms with van der Waals surface area (Å²) >= 11 is 14.7. The minimum atomic E-state index is -0.479. The highest BCUT2D eigenvalue weighted by Gasteiger charge is 2.25. The molecule has 0 saturated carbocycles. The third-order valence-electron chi connectivity index (χ3n) is 4.85. The van der Waals surface area contributed by atoms with Crippen LogP contribution in [-0.2, 0) is 0 Å². The van der Waals surface area contributed by atoms with Crippen LogP contribution in [0.2, 0.25) is 8.67 Å². The molecule has 0 aliphatic carbocycles. The maximum atomic E-state index is 13.5. The zero-order valence-corrected chi connectivity index (χ0v) is 22.1. The number of halogens is 2. The number of rotatable bonds is 8. The third kappa shape index (κ3) is 5.15. The summed E-state index contributed by atoms with van der Waals surface area (Å²) in [6.45, 7) is 0. The molecule has 2 aromatic carbocycles. The standard InChI is InChI=1S/C23H19Cl2N3O5S2/c1-30-13-5-6-15-18(9-13)34-23(27-15)28(22(29)14-10-19(24)35-21(14)25)26-11-12-7-16(31-2)20(33-4)17(8-12)32-3/h5-11H,1-4H3/b26-11+. The highest BCUT2D eigenvalue weighted by atomic mass is 35.5. The number of thiophene rings is 1. The fourth-order valence-electron chi connectivity index (χ4n) is 3.20. The summed E-state index contributed by atoms with van der Waals surface area (Å²) in [6, 6.07) is 10.4. The monoisotopic (exact) mass is 551 g/mol. The summed E-state index contributed by atoms with van der Waals surface area (Å²) in [6.07, 6.45) is 1.50. The van der Waals surface area contributed by atoms with Gasteiger partial charge in [0.15, 0.2) is 11.5 Å². The number of hydrogen-bond donors (Lipinski definition) is 0. The maximum absolute atomic E-state index is 13.5. The lowest BCUT2D eigenvalue weighted by atomic mass is 10.2. The van der Waals surface area contributed by atoms with Crippen molar-refractivity contribution in [1.82, 2.24) is 4.98 Å². The number of thiazole rings is 1. The molecule has 0 saturated heterocycles. The Morgan fingerprint density at radius 3 is 2.26 bits per heavy atom. The average Bonchev–Trinajstić information content (AvgIpc) is 3.44. The zero-order valence-electron chi connectivity index (χ0n) is 19.0. The highest BCUT2D eigenvalue weighted by Crippen LogP contribution is 2.39. The second kappa shape index (κ2) is 10.7. The number of carbonyl (C=O) groups excluding carboxylic acids is 1. The van der Waals surface area contributed by atoms with Crippen molar-refractivity contribution in [3.05, 3.63) is 56.2 Å². The van der Waals surface area contributed by atoms with Crippen molar-refractivity contribution >= 4 is 73.3 Å². The predicted octanol–water partition coefficient (Wildman–Crippen LogP) is 6.38. The number of fused-ring (bicyclic) bond motifs is 1. The van der Waals surface area contributed by atoms with Gasteiger partial charge in [0.1, 0.15) is 10.1 Å². The summed E-state index contributed by atoms with van der Waals surface area (Å²) in [5.41, 5.74) is 1.52. The average molecular weight is 552 g/mol. The van der Waals surface area contributed by atoms with Crippen LogP contribution in [0.25, 0.3) is 10.2 Å². The van der Waals surface area contributed by atoms with Crippen molar-refractivity contribution < 1.29 is 23.7 Å². The molecule has 0 unspecified atom stereocenters. The maximum Gasteiger partial charge on any atom is 0.283 e. The van der Waals surface area contributed by atoms with Gasteiger partial charge in [-0.15, -0.1) is 11.3 Å². The van der Waals surface area contributed by atoms with Crippen LogP contribution in [0.5, 0.6) is 23.0 Å². The van der Waals surface area contributed by atoms with Gasteiger partial charge >= 0.3 is 0 Å². The number of nitrogens with zero attached hydrogens (tertiary/aromatic N) is 3. The summed E-state index contributed by atoms with van der Waals surface area (Å²) < 4.78 is 23.0. The largest absolute Gasteiger partial charge is 0.497 e. The molecule has 2 aromatic heterocycles. The Morgan fingerprint density at radius 1 is 0.971 bits per heavy atom. The number of hydrazone groups is 1. The number of aromatic nitrogens is 1. The minimum absolute atomic E-state index is 0.223. The lowest BCUT2D eigenvalue weighted by Gasteiger charge is -2.15. The van der Waals surface area contributed by atoms with E-state index in [9.17, 15) is 4.79 Å². The molecule has 0 atom stereocenters. The van der Waals surface area contributed by atoms with E-state index in [4.69, 9.17) is 42.1 Å². The molecule has 35 heavy (non-hydrogen) atoms. The van der Waals surface area contributed by atoms with Crippen molar-refractivity contribution in [2.45, 2.75) is 0 Å². The molecule has 182 valence electrons. The van der Waals surface area contributed by atoms with Crippen LogP contribution in [0.4, 0.5) is 5.13 Å². The Morgan fingerprint density at radius 2 is 1.69 bits per heavy atom. The molecule has 8 nitrogen and oxygen atoms in total. The van der Waals surface area contributed by atoms with Gasteiger partial charge in [0.25, 0.3) is 5.91 Å². The first kappa shape index (κ1) is 25.1. The molecule has 2 heterocycles. The molecule has 0 aliphatic heterocycles. The van der Waals surface area contributed by atoms with Crippen LogP contribution in [0.1, 0.15) is 15.9 Å². The Labute approximate surface area is 219 Å². The molecule has 4 aromatic rings. The van der Waals surface area contributed by atoms with Gasteiger partial charge in [0.2, 0.25) is 10.9 Å². The Kier molecular flexibility index (Phi) is 7.66. The number of methoxy groups -OCH3 is 4. The van der Waals surface area contributed by atoms with Crippen LogP contribution in [0, 0.1) is 0 Å². The van der Waals surface area contributed by atoms with Gasteiger partial charge < -0.3 is 18.9 Å². The van der Waals surface area contributed by atoms with Crippen LogP contribution in [0.15, 0.2) is 41.5 Å².